The number of ether oxygens (including phenoxy) is 1. The largest absolute Gasteiger partial charge is 0.379 e. The van der Waals surface area contributed by atoms with E-state index in [0.717, 1.165) is 55.3 Å². The number of morpholine rings is 1. The zero-order valence-corrected chi connectivity index (χ0v) is 14.4. The van der Waals surface area contributed by atoms with Crippen molar-refractivity contribution in [2.75, 3.05) is 31.6 Å². The Balaban J connectivity index is 1.39. The summed E-state index contributed by atoms with van der Waals surface area (Å²) in [6.45, 7) is 3.90. The maximum Gasteiger partial charge on any atom is 0.225 e. The van der Waals surface area contributed by atoms with Crippen molar-refractivity contribution in [3.8, 4) is 0 Å². The zero-order chi connectivity index (χ0) is 15.6. The van der Waals surface area contributed by atoms with Crippen molar-refractivity contribution >= 4 is 39.1 Å². The van der Waals surface area contributed by atoms with E-state index >= 15 is 0 Å². The number of nitrogens with one attached hydrogen (secondary N) is 1. The van der Waals surface area contributed by atoms with Gasteiger partial charge in [0.05, 0.1) is 18.7 Å². The average Bonchev–Trinajstić information content (AvgIpc) is 3.05. The molecule has 3 heterocycles. The molecule has 1 aliphatic heterocycles. The molecule has 1 saturated carbocycles. The zero-order valence-electron chi connectivity index (χ0n) is 12.9. The summed E-state index contributed by atoms with van der Waals surface area (Å²) in [5, 5.41) is 3.82. The Labute approximate surface area is 144 Å². The molecule has 0 spiro atoms. The number of aromatic nitrogens is 3. The Morgan fingerprint density at radius 3 is 2.74 bits per heavy atom. The van der Waals surface area contributed by atoms with Crippen LogP contribution in [-0.2, 0) is 4.74 Å². The smallest absolute Gasteiger partial charge is 0.225 e. The summed E-state index contributed by atoms with van der Waals surface area (Å²) in [6.07, 6.45) is 4.73. The molecule has 2 aromatic heterocycles. The molecule has 0 radical (unpaired) electrons. The van der Waals surface area contributed by atoms with Gasteiger partial charge in [-0.2, -0.15) is 4.98 Å². The second-order valence-electron chi connectivity index (χ2n) is 6.15. The summed E-state index contributed by atoms with van der Waals surface area (Å²) >= 11 is 7.51. The van der Waals surface area contributed by atoms with Crippen molar-refractivity contribution in [3.63, 3.8) is 0 Å². The van der Waals surface area contributed by atoms with Crippen LogP contribution >= 0.6 is 22.9 Å². The number of hydrogen-bond donors (Lipinski definition) is 1. The van der Waals surface area contributed by atoms with Crippen LogP contribution in [0.3, 0.4) is 0 Å². The van der Waals surface area contributed by atoms with Gasteiger partial charge in [0.15, 0.2) is 10.6 Å². The van der Waals surface area contributed by atoms with Crippen molar-refractivity contribution in [2.45, 2.75) is 37.8 Å². The number of fused-ring (bicyclic) bond motifs is 1. The van der Waals surface area contributed by atoms with E-state index in [1.807, 2.05) is 0 Å². The molecule has 1 saturated heterocycles. The third-order valence-corrected chi connectivity index (χ3v) is 5.66. The first-order chi connectivity index (χ1) is 11.3. The first-order valence-electron chi connectivity index (χ1n) is 8.14. The molecular formula is C15H20ClN5OS. The fourth-order valence-corrected chi connectivity index (χ4v) is 4.43. The van der Waals surface area contributed by atoms with Gasteiger partial charge in [-0.3, -0.25) is 4.90 Å². The van der Waals surface area contributed by atoms with Gasteiger partial charge in [-0.05, 0) is 37.3 Å². The van der Waals surface area contributed by atoms with E-state index in [2.05, 4.69) is 25.2 Å². The highest BCUT2D eigenvalue weighted by molar-refractivity contribution is 7.16. The SMILES string of the molecule is Clc1nc(N[C@H]2CC[C@H](N3CCOCC3)CC2)c2ncsc2n1. The van der Waals surface area contributed by atoms with Crippen molar-refractivity contribution in [2.24, 2.45) is 0 Å². The molecule has 2 fully saturated rings. The van der Waals surface area contributed by atoms with E-state index in [0.29, 0.717) is 12.1 Å². The fourth-order valence-electron chi connectivity index (χ4n) is 3.56. The normalized spacial score (nSPS) is 26.5. The molecule has 0 aromatic carbocycles. The number of anilines is 1. The van der Waals surface area contributed by atoms with E-state index in [9.17, 15) is 0 Å². The molecule has 6 nitrogen and oxygen atoms in total. The number of halogens is 1. The molecule has 124 valence electrons. The Morgan fingerprint density at radius 2 is 1.96 bits per heavy atom. The Kier molecular flexibility index (Phi) is 4.61. The van der Waals surface area contributed by atoms with E-state index in [4.69, 9.17) is 16.3 Å². The Hall–Kier alpha value is -1.02. The topological polar surface area (TPSA) is 63.2 Å². The second-order valence-corrected chi connectivity index (χ2v) is 7.32. The molecule has 2 aromatic rings. The lowest BCUT2D eigenvalue weighted by atomic mass is 9.90. The van der Waals surface area contributed by atoms with Crippen LogP contribution in [0.15, 0.2) is 5.51 Å². The molecule has 8 heteroatoms. The van der Waals surface area contributed by atoms with E-state index < -0.39 is 0 Å². The second kappa shape index (κ2) is 6.84. The van der Waals surface area contributed by atoms with Gasteiger partial charge in [-0.1, -0.05) is 0 Å². The first-order valence-corrected chi connectivity index (χ1v) is 9.40. The Bertz CT molecular complexity index is 667. The van der Waals surface area contributed by atoms with Crippen LogP contribution in [0, 0.1) is 0 Å². The van der Waals surface area contributed by atoms with Crippen LogP contribution in [0.25, 0.3) is 10.3 Å². The third-order valence-electron chi connectivity index (χ3n) is 4.77. The highest BCUT2D eigenvalue weighted by Gasteiger charge is 2.27. The average molecular weight is 354 g/mol. The van der Waals surface area contributed by atoms with E-state index in [1.54, 1.807) is 5.51 Å². The van der Waals surface area contributed by atoms with E-state index in [-0.39, 0.29) is 5.28 Å². The molecule has 2 aliphatic rings. The first kappa shape index (κ1) is 15.5. The van der Waals surface area contributed by atoms with Crippen LogP contribution in [0.5, 0.6) is 0 Å². The Morgan fingerprint density at radius 1 is 1.17 bits per heavy atom. The summed E-state index contributed by atoms with van der Waals surface area (Å²) in [6, 6.07) is 1.13. The van der Waals surface area contributed by atoms with Crippen LogP contribution < -0.4 is 5.32 Å². The predicted molar refractivity (Wildman–Crippen MR) is 92.3 cm³/mol. The van der Waals surface area contributed by atoms with Crippen molar-refractivity contribution in [3.05, 3.63) is 10.8 Å². The minimum absolute atomic E-state index is 0.284. The number of nitrogens with zero attached hydrogens (tertiary/aromatic N) is 4. The van der Waals surface area contributed by atoms with Gasteiger partial charge >= 0.3 is 0 Å². The van der Waals surface area contributed by atoms with E-state index in [1.165, 1.54) is 24.2 Å². The summed E-state index contributed by atoms with van der Waals surface area (Å²) in [5.41, 5.74) is 2.62. The quantitative estimate of drug-likeness (QED) is 0.856. The molecule has 0 amide bonds. The molecule has 0 bridgehead atoms. The van der Waals surface area contributed by atoms with Crippen molar-refractivity contribution in [1.82, 2.24) is 19.9 Å². The maximum absolute atomic E-state index is 6.02. The van der Waals surface area contributed by atoms with Crippen molar-refractivity contribution < 1.29 is 4.74 Å². The maximum atomic E-state index is 6.02. The van der Waals surface area contributed by atoms with Gasteiger partial charge < -0.3 is 10.1 Å². The molecule has 1 aliphatic carbocycles. The standard InChI is InChI=1S/C15H20ClN5OS/c16-15-19-13(12-14(20-15)23-9-17-12)18-10-1-3-11(4-2-10)21-5-7-22-8-6-21/h9-11H,1-8H2,(H,18,19,20)/t10-,11-. The van der Waals surface area contributed by atoms with Gasteiger partial charge in [-0.25, -0.2) is 9.97 Å². The van der Waals surface area contributed by atoms with Gasteiger partial charge in [0.2, 0.25) is 5.28 Å². The summed E-state index contributed by atoms with van der Waals surface area (Å²) in [4.78, 5) is 16.3. The lowest BCUT2D eigenvalue weighted by Gasteiger charge is -2.39. The minimum Gasteiger partial charge on any atom is -0.379 e. The summed E-state index contributed by atoms with van der Waals surface area (Å²) < 4.78 is 5.45. The van der Waals surface area contributed by atoms with Gasteiger partial charge in [0.25, 0.3) is 0 Å². The van der Waals surface area contributed by atoms with Gasteiger partial charge in [-0.15, -0.1) is 11.3 Å². The van der Waals surface area contributed by atoms with Crippen LogP contribution in [0.2, 0.25) is 5.28 Å². The number of thiazole rings is 1. The highest BCUT2D eigenvalue weighted by atomic mass is 35.5. The van der Waals surface area contributed by atoms with Crippen LogP contribution in [0.1, 0.15) is 25.7 Å². The minimum atomic E-state index is 0.284. The number of hydrogen-bond acceptors (Lipinski definition) is 7. The van der Waals surface area contributed by atoms with Gasteiger partial charge in [0.1, 0.15) is 5.52 Å². The number of rotatable bonds is 3. The van der Waals surface area contributed by atoms with Crippen molar-refractivity contribution in [1.29, 1.82) is 0 Å². The summed E-state index contributed by atoms with van der Waals surface area (Å²) in [5.74, 6) is 0.774. The van der Waals surface area contributed by atoms with Gasteiger partial charge in [0, 0.05) is 25.2 Å². The van der Waals surface area contributed by atoms with Crippen LogP contribution in [-0.4, -0.2) is 58.2 Å². The lowest BCUT2D eigenvalue weighted by Crippen LogP contribution is -2.46. The predicted octanol–water partition coefficient (Wildman–Crippen LogP) is 2.80. The monoisotopic (exact) mass is 353 g/mol. The fraction of sp³-hybridized carbons (Fsp3) is 0.667. The molecule has 23 heavy (non-hydrogen) atoms. The summed E-state index contributed by atoms with van der Waals surface area (Å²) in [7, 11) is 0. The molecule has 0 atom stereocenters. The lowest BCUT2D eigenvalue weighted by molar-refractivity contribution is 0.00791. The molecule has 4 rings (SSSR count). The molecule has 1 N–H and O–H groups in total. The molecule has 0 unspecified atom stereocenters. The van der Waals surface area contributed by atoms with Crippen LogP contribution in [0.4, 0.5) is 5.82 Å². The highest BCUT2D eigenvalue weighted by Crippen LogP contribution is 2.29. The molecular weight excluding hydrogens is 334 g/mol. The third kappa shape index (κ3) is 3.42.